The molecule has 3 nitrogen and oxygen atoms in total. The summed E-state index contributed by atoms with van der Waals surface area (Å²) in [6.07, 6.45) is 0.250. The third-order valence-corrected chi connectivity index (χ3v) is 2.55. The van der Waals surface area contributed by atoms with Gasteiger partial charge in [0.1, 0.15) is 0 Å². The first-order valence-corrected chi connectivity index (χ1v) is 5.08. The number of nitrogens with one attached hydrogen (secondary N) is 1. The molecular formula is C13H12LiNO2. The third-order valence-electron chi connectivity index (χ3n) is 2.55. The smallest absolute Gasteiger partial charge is 0.665 e. The first-order valence-electron chi connectivity index (χ1n) is 5.08. The Labute approximate surface area is 112 Å². The van der Waals surface area contributed by atoms with E-state index in [1.165, 1.54) is 0 Å². The summed E-state index contributed by atoms with van der Waals surface area (Å²) in [7, 11) is 0. The molecule has 2 aromatic carbocycles. The topological polar surface area (TPSA) is 61.1 Å². The zero-order chi connectivity index (χ0) is 11.5. The fourth-order valence-corrected chi connectivity index (χ4v) is 1.69. The van der Waals surface area contributed by atoms with Crippen LogP contribution in [0.4, 0.5) is 0 Å². The summed E-state index contributed by atoms with van der Waals surface area (Å²) in [5, 5.41) is 10.9. The van der Waals surface area contributed by atoms with Gasteiger partial charge >= 0.3 is 18.9 Å². The van der Waals surface area contributed by atoms with E-state index < -0.39 is 12.0 Å². The van der Waals surface area contributed by atoms with Crippen LogP contribution in [0.2, 0.25) is 0 Å². The van der Waals surface area contributed by atoms with Crippen molar-refractivity contribution in [1.82, 2.24) is 0 Å². The molecule has 0 aliphatic rings. The van der Waals surface area contributed by atoms with Crippen molar-refractivity contribution in [2.75, 3.05) is 0 Å². The van der Waals surface area contributed by atoms with Gasteiger partial charge in [0.2, 0.25) is 0 Å². The van der Waals surface area contributed by atoms with Crippen molar-refractivity contribution in [3.63, 3.8) is 0 Å². The minimum atomic E-state index is -1.08. The zero-order valence-corrected chi connectivity index (χ0v) is 9.68. The second kappa shape index (κ2) is 5.88. The third kappa shape index (κ3) is 3.34. The van der Waals surface area contributed by atoms with Crippen molar-refractivity contribution in [3.8, 4) is 0 Å². The van der Waals surface area contributed by atoms with E-state index in [1.54, 1.807) is 0 Å². The Bertz CT molecular complexity index is 528. The SMILES string of the molecule is [Li+].[NH-][C@@H](Cc1ccc2ccccc2c1)C(=O)O. The van der Waals surface area contributed by atoms with Gasteiger partial charge in [-0.2, -0.15) is 0 Å². The van der Waals surface area contributed by atoms with Crippen LogP contribution in [0.1, 0.15) is 5.56 Å². The van der Waals surface area contributed by atoms with Crippen LogP contribution in [0, 0.1) is 0 Å². The molecular weight excluding hydrogens is 209 g/mol. The van der Waals surface area contributed by atoms with Crippen LogP contribution in [-0.2, 0) is 11.2 Å². The molecule has 82 valence electrons. The number of benzene rings is 2. The summed E-state index contributed by atoms with van der Waals surface area (Å²) in [4.78, 5) is 10.6. The summed E-state index contributed by atoms with van der Waals surface area (Å²) in [5.74, 6) is -1.08. The van der Waals surface area contributed by atoms with Crippen molar-refractivity contribution < 1.29 is 28.8 Å². The van der Waals surface area contributed by atoms with Crippen molar-refractivity contribution in [1.29, 1.82) is 0 Å². The maximum absolute atomic E-state index is 10.6. The molecule has 0 saturated carbocycles. The summed E-state index contributed by atoms with van der Waals surface area (Å²) in [5.41, 5.74) is 8.26. The normalized spacial score (nSPS) is 11.8. The number of carboxylic acid groups (broad SMARTS) is 1. The Morgan fingerprint density at radius 1 is 1.18 bits per heavy atom. The Balaban J connectivity index is 0.00000144. The molecule has 0 aliphatic heterocycles. The molecule has 2 rings (SSSR count). The second-order valence-electron chi connectivity index (χ2n) is 3.78. The first-order chi connectivity index (χ1) is 7.66. The molecule has 0 fully saturated rings. The second-order valence-corrected chi connectivity index (χ2v) is 3.78. The Kier molecular flexibility index (Phi) is 4.77. The van der Waals surface area contributed by atoms with Gasteiger partial charge in [-0.25, -0.2) is 0 Å². The van der Waals surface area contributed by atoms with Crippen LogP contribution in [0.5, 0.6) is 0 Å². The summed E-state index contributed by atoms with van der Waals surface area (Å²) in [6.45, 7) is 0. The van der Waals surface area contributed by atoms with E-state index in [4.69, 9.17) is 10.8 Å². The largest absolute Gasteiger partial charge is 1.00 e. The van der Waals surface area contributed by atoms with Gasteiger partial charge in [-0.3, -0.25) is 4.79 Å². The molecule has 0 aromatic heterocycles. The molecule has 0 unspecified atom stereocenters. The van der Waals surface area contributed by atoms with Gasteiger partial charge in [-0.05, 0) is 28.8 Å². The predicted molar refractivity (Wildman–Crippen MR) is 63.4 cm³/mol. The van der Waals surface area contributed by atoms with E-state index in [0.29, 0.717) is 0 Å². The zero-order valence-electron chi connectivity index (χ0n) is 9.68. The quantitative estimate of drug-likeness (QED) is 0.735. The summed E-state index contributed by atoms with van der Waals surface area (Å²) in [6, 6.07) is 12.6. The minimum Gasteiger partial charge on any atom is -0.665 e. The number of fused-ring (bicyclic) bond motifs is 1. The molecule has 2 aromatic rings. The van der Waals surface area contributed by atoms with Crippen molar-refractivity contribution >= 4 is 16.7 Å². The molecule has 0 saturated heterocycles. The molecule has 0 radical (unpaired) electrons. The number of carbonyl (C=O) groups is 1. The summed E-state index contributed by atoms with van der Waals surface area (Å²) >= 11 is 0. The van der Waals surface area contributed by atoms with Crippen LogP contribution in [0.3, 0.4) is 0 Å². The average Bonchev–Trinajstić information content (AvgIpc) is 2.28. The molecule has 0 heterocycles. The molecule has 0 bridgehead atoms. The first kappa shape index (κ1) is 13.8. The molecule has 0 amide bonds. The molecule has 0 spiro atoms. The van der Waals surface area contributed by atoms with E-state index in [2.05, 4.69) is 0 Å². The number of hydrogen-bond acceptors (Lipinski definition) is 1. The van der Waals surface area contributed by atoms with E-state index >= 15 is 0 Å². The van der Waals surface area contributed by atoms with E-state index in [-0.39, 0.29) is 25.3 Å². The van der Waals surface area contributed by atoms with Gasteiger partial charge in [0.15, 0.2) is 0 Å². The Morgan fingerprint density at radius 2 is 1.82 bits per heavy atom. The fraction of sp³-hybridized carbons (Fsp3) is 0.154. The number of carboxylic acids is 1. The Hall–Kier alpha value is -1.27. The van der Waals surface area contributed by atoms with E-state index in [9.17, 15) is 4.79 Å². The van der Waals surface area contributed by atoms with Crippen LogP contribution < -0.4 is 18.9 Å². The standard InChI is InChI=1S/C13H12NO2.Li/c14-12(13(15)16)8-9-5-6-10-3-1-2-4-11(10)7-9;/h1-7,12,14H,8H2,(H,15,16);/q-1;+1/t12-;/m0./s1. The van der Waals surface area contributed by atoms with Gasteiger partial charge in [0.05, 0.1) is 0 Å². The molecule has 17 heavy (non-hydrogen) atoms. The molecule has 2 N–H and O–H groups in total. The number of rotatable bonds is 3. The number of hydrogen-bond donors (Lipinski definition) is 1. The monoisotopic (exact) mass is 221 g/mol. The van der Waals surface area contributed by atoms with Crippen LogP contribution >= 0.6 is 0 Å². The van der Waals surface area contributed by atoms with E-state index in [0.717, 1.165) is 16.3 Å². The minimum absolute atomic E-state index is 0. The van der Waals surface area contributed by atoms with Gasteiger partial charge in [0, 0.05) is 0 Å². The number of aliphatic carboxylic acids is 1. The van der Waals surface area contributed by atoms with Crippen molar-refractivity contribution in [2.24, 2.45) is 0 Å². The van der Waals surface area contributed by atoms with Crippen LogP contribution in [0.25, 0.3) is 16.5 Å². The maximum Gasteiger partial charge on any atom is 1.00 e. The van der Waals surface area contributed by atoms with Crippen molar-refractivity contribution in [2.45, 2.75) is 12.5 Å². The van der Waals surface area contributed by atoms with Gasteiger partial charge in [-0.15, -0.1) is 0 Å². The molecule has 0 aliphatic carbocycles. The van der Waals surface area contributed by atoms with Gasteiger partial charge < -0.3 is 10.8 Å². The Morgan fingerprint density at radius 3 is 2.47 bits per heavy atom. The molecule has 1 atom stereocenters. The van der Waals surface area contributed by atoms with Crippen LogP contribution in [0.15, 0.2) is 42.5 Å². The average molecular weight is 221 g/mol. The predicted octanol–water partition coefficient (Wildman–Crippen LogP) is -0.108. The van der Waals surface area contributed by atoms with Crippen molar-refractivity contribution in [3.05, 3.63) is 53.8 Å². The van der Waals surface area contributed by atoms with E-state index in [1.807, 2.05) is 42.5 Å². The van der Waals surface area contributed by atoms with Gasteiger partial charge in [0.25, 0.3) is 5.97 Å². The summed E-state index contributed by atoms with van der Waals surface area (Å²) < 4.78 is 0. The van der Waals surface area contributed by atoms with Crippen LogP contribution in [-0.4, -0.2) is 17.1 Å². The fourth-order valence-electron chi connectivity index (χ4n) is 1.69. The van der Waals surface area contributed by atoms with Gasteiger partial charge in [-0.1, -0.05) is 42.5 Å². The molecule has 4 heteroatoms. The maximum atomic E-state index is 10.6.